The molecule has 0 aromatic heterocycles. The molecule has 0 fully saturated rings. The molecule has 0 spiro atoms. The maximum Gasteiger partial charge on any atom is 0.123 e. The highest BCUT2D eigenvalue weighted by Gasteiger charge is 2.35. The summed E-state index contributed by atoms with van der Waals surface area (Å²) in [6, 6.07) is 14.5. The largest absolute Gasteiger partial charge is 0.388 e. The topological polar surface area (TPSA) is 32.3 Å². The van der Waals surface area contributed by atoms with E-state index < -0.39 is 5.60 Å². The van der Waals surface area contributed by atoms with E-state index in [0.717, 1.165) is 24.1 Å². The van der Waals surface area contributed by atoms with Crippen molar-refractivity contribution in [2.24, 2.45) is 0 Å². The number of rotatable bonds is 3. The maximum atomic E-state index is 13.0. The van der Waals surface area contributed by atoms with Crippen molar-refractivity contribution in [3.05, 3.63) is 71.0 Å². The van der Waals surface area contributed by atoms with Gasteiger partial charge in [-0.3, -0.25) is 0 Å². The quantitative estimate of drug-likeness (QED) is 0.908. The second-order valence-electron chi connectivity index (χ2n) is 6.00. The molecule has 2 unspecified atom stereocenters. The van der Waals surface area contributed by atoms with Crippen molar-refractivity contribution in [2.75, 3.05) is 6.54 Å². The van der Waals surface area contributed by atoms with Crippen molar-refractivity contribution >= 4 is 0 Å². The van der Waals surface area contributed by atoms with Crippen molar-refractivity contribution in [1.29, 1.82) is 0 Å². The van der Waals surface area contributed by atoms with Crippen molar-refractivity contribution in [1.82, 2.24) is 5.32 Å². The molecular formula is C18H20FNO. The van der Waals surface area contributed by atoms with E-state index in [1.165, 1.54) is 17.7 Å². The summed E-state index contributed by atoms with van der Waals surface area (Å²) in [5, 5.41) is 14.4. The summed E-state index contributed by atoms with van der Waals surface area (Å²) < 4.78 is 13.0. The molecule has 1 heterocycles. The Morgan fingerprint density at radius 2 is 1.90 bits per heavy atom. The SMILES string of the molecule is CC(O)(Cc1ccc(F)cc1)C1NCCc2ccccc21. The Bertz CT molecular complexity index is 621. The van der Waals surface area contributed by atoms with Gasteiger partial charge in [0.25, 0.3) is 0 Å². The molecule has 1 aliphatic heterocycles. The van der Waals surface area contributed by atoms with Crippen molar-refractivity contribution in [3.63, 3.8) is 0 Å². The summed E-state index contributed by atoms with van der Waals surface area (Å²) >= 11 is 0. The van der Waals surface area contributed by atoms with Gasteiger partial charge in [-0.05, 0) is 48.7 Å². The van der Waals surface area contributed by atoms with E-state index >= 15 is 0 Å². The van der Waals surface area contributed by atoms with Gasteiger partial charge in [0.2, 0.25) is 0 Å². The first-order valence-electron chi connectivity index (χ1n) is 7.34. The van der Waals surface area contributed by atoms with Crippen molar-refractivity contribution < 1.29 is 9.50 Å². The van der Waals surface area contributed by atoms with Crippen LogP contribution in [0.1, 0.15) is 29.7 Å². The average Bonchev–Trinajstić information content (AvgIpc) is 2.49. The molecule has 0 radical (unpaired) electrons. The second-order valence-corrected chi connectivity index (χ2v) is 6.00. The Balaban J connectivity index is 1.87. The zero-order chi connectivity index (χ0) is 14.9. The third-order valence-corrected chi connectivity index (χ3v) is 4.21. The minimum absolute atomic E-state index is 0.104. The number of hydrogen-bond donors (Lipinski definition) is 2. The molecule has 2 atom stereocenters. The van der Waals surface area contributed by atoms with Crippen LogP contribution in [0.4, 0.5) is 4.39 Å². The molecule has 3 rings (SSSR count). The summed E-state index contributed by atoms with van der Waals surface area (Å²) in [5.41, 5.74) is 2.47. The lowest BCUT2D eigenvalue weighted by Crippen LogP contribution is -2.46. The van der Waals surface area contributed by atoms with Crippen LogP contribution in [0.3, 0.4) is 0 Å². The first-order valence-corrected chi connectivity index (χ1v) is 7.34. The summed E-state index contributed by atoms with van der Waals surface area (Å²) in [6.45, 7) is 2.71. The van der Waals surface area contributed by atoms with Gasteiger partial charge in [-0.25, -0.2) is 4.39 Å². The molecule has 3 heteroatoms. The van der Waals surface area contributed by atoms with Gasteiger partial charge in [0.15, 0.2) is 0 Å². The number of hydrogen-bond acceptors (Lipinski definition) is 2. The summed E-state index contributed by atoms with van der Waals surface area (Å²) in [7, 11) is 0. The zero-order valence-electron chi connectivity index (χ0n) is 12.1. The van der Waals surface area contributed by atoms with Gasteiger partial charge >= 0.3 is 0 Å². The predicted octanol–water partition coefficient (Wildman–Crippen LogP) is 3.01. The van der Waals surface area contributed by atoms with Crippen LogP contribution in [0.25, 0.3) is 0 Å². The second kappa shape index (κ2) is 5.58. The number of halogens is 1. The number of benzene rings is 2. The van der Waals surface area contributed by atoms with E-state index in [1.807, 2.05) is 19.1 Å². The molecule has 0 saturated heterocycles. The normalized spacial score (nSPS) is 20.6. The summed E-state index contributed by atoms with van der Waals surface area (Å²) in [5.74, 6) is -0.250. The standard InChI is InChI=1S/C18H20FNO/c1-18(21,12-13-6-8-15(19)9-7-13)17-16-5-3-2-4-14(16)10-11-20-17/h2-9,17,20-21H,10-12H2,1H3. The molecule has 0 aliphatic carbocycles. The Hall–Kier alpha value is -1.71. The number of fused-ring (bicyclic) bond motifs is 1. The van der Waals surface area contributed by atoms with Crippen LogP contribution in [0.5, 0.6) is 0 Å². The van der Waals surface area contributed by atoms with Gasteiger partial charge in [0.1, 0.15) is 5.82 Å². The lowest BCUT2D eigenvalue weighted by molar-refractivity contribution is 0.0165. The monoisotopic (exact) mass is 285 g/mol. The van der Waals surface area contributed by atoms with Gasteiger partial charge < -0.3 is 10.4 Å². The Kier molecular flexibility index (Phi) is 3.79. The molecule has 0 amide bonds. The summed E-state index contributed by atoms with van der Waals surface area (Å²) in [6.07, 6.45) is 1.47. The van der Waals surface area contributed by atoms with Crippen LogP contribution in [0.15, 0.2) is 48.5 Å². The third-order valence-electron chi connectivity index (χ3n) is 4.21. The molecule has 0 saturated carbocycles. The summed E-state index contributed by atoms with van der Waals surface area (Å²) in [4.78, 5) is 0. The van der Waals surface area contributed by atoms with Crippen LogP contribution in [-0.2, 0) is 12.8 Å². The van der Waals surface area contributed by atoms with Crippen molar-refractivity contribution in [3.8, 4) is 0 Å². The fourth-order valence-corrected chi connectivity index (χ4v) is 3.18. The number of aliphatic hydroxyl groups is 1. The van der Waals surface area contributed by atoms with E-state index in [1.54, 1.807) is 12.1 Å². The molecule has 21 heavy (non-hydrogen) atoms. The van der Waals surface area contributed by atoms with Crippen molar-refractivity contribution in [2.45, 2.75) is 31.4 Å². The molecule has 2 aromatic rings. The number of nitrogens with one attached hydrogen (secondary N) is 1. The van der Waals surface area contributed by atoms with E-state index in [0.29, 0.717) is 6.42 Å². The minimum Gasteiger partial charge on any atom is -0.388 e. The molecule has 2 nitrogen and oxygen atoms in total. The van der Waals surface area contributed by atoms with Gasteiger partial charge in [0.05, 0.1) is 11.6 Å². The minimum atomic E-state index is -0.922. The molecule has 2 N–H and O–H groups in total. The molecule has 2 aromatic carbocycles. The first-order chi connectivity index (χ1) is 10.1. The highest BCUT2D eigenvalue weighted by molar-refractivity contribution is 5.35. The van der Waals surface area contributed by atoms with E-state index in [2.05, 4.69) is 17.4 Å². The van der Waals surface area contributed by atoms with E-state index in [9.17, 15) is 9.50 Å². The highest BCUT2D eigenvalue weighted by atomic mass is 19.1. The third kappa shape index (κ3) is 2.99. The lowest BCUT2D eigenvalue weighted by atomic mass is 9.81. The van der Waals surface area contributed by atoms with E-state index in [-0.39, 0.29) is 11.9 Å². The zero-order valence-corrected chi connectivity index (χ0v) is 12.1. The van der Waals surface area contributed by atoms with E-state index in [4.69, 9.17) is 0 Å². The van der Waals surface area contributed by atoms with Gasteiger partial charge in [-0.15, -0.1) is 0 Å². The smallest absolute Gasteiger partial charge is 0.123 e. The lowest BCUT2D eigenvalue weighted by Gasteiger charge is -2.38. The fourth-order valence-electron chi connectivity index (χ4n) is 3.18. The molecule has 110 valence electrons. The predicted molar refractivity (Wildman–Crippen MR) is 81.6 cm³/mol. The van der Waals surface area contributed by atoms with Gasteiger partial charge in [-0.1, -0.05) is 36.4 Å². The van der Waals surface area contributed by atoms with Crippen LogP contribution in [0.2, 0.25) is 0 Å². The molecular weight excluding hydrogens is 265 g/mol. The molecule has 0 bridgehead atoms. The Morgan fingerprint density at radius 1 is 1.19 bits per heavy atom. The highest BCUT2D eigenvalue weighted by Crippen LogP contribution is 2.33. The molecule has 1 aliphatic rings. The average molecular weight is 285 g/mol. The van der Waals surface area contributed by atoms with Gasteiger partial charge in [0, 0.05) is 6.42 Å². The maximum absolute atomic E-state index is 13.0. The van der Waals surface area contributed by atoms with Crippen LogP contribution in [0, 0.1) is 5.82 Å². The first kappa shape index (κ1) is 14.2. The van der Waals surface area contributed by atoms with Crippen LogP contribution in [-0.4, -0.2) is 17.3 Å². The fraction of sp³-hybridized carbons (Fsp3) is 0.333. The Morgan fingerprint density at radius 3 is 2.67 bits per heavy atom. The van der Waals surface area contributed by atoms with Crippen LogP contribution >= 0.6 is 0 Å². The van der Waals surface area contributed by atoms with Crippen LogP contribution < -0.4 is 5.32 Å². The van der Waals surface area contributed by atoms with Gasteiger partial charge in [-0.2, -0.15) is 0 Å². The Labute approximate surface area is 124 Å².